The van der Waals surface area contributed by atoms with Gasteiger partial charge in [-0.15, -0.1) is 0 Å². The van der Waals surface area contributed by atoms with Crippen LogP contribution in [0.3, 0.4) is 0 Å². The first-order valence-electron chi connectivity index (χ1n) is 4.82. The smallest absolute Gasteiger partial charge is 0.311 e. The maximum absolute atomic E-state index is 11.5. The van der Waals surface area contributed by atoms with E-state index >= 15 is 0 Å². The second kappa shape index (κ2) is 7.53. The van der Waals surface area contributed by atoms with Crippen LogP contribution in [0.15, 0.2) is 12.1 Å². The van der Waals surface area contributed by atoms with Crippen LogP contribution < -0.4 is 0 Å². The Labute approximate surface area is 132 Å². The monoisotopic (exact) mass is 413 g/mol. The van der Waals surface area contributed by atoms with Gasteiger partial charge in [0.05, 0.1) is 11.3 Å². The Morgan fingerprint density at radius 1 is 1.42 bits per heavy atom. The van der Waals surface area contributed by atoms with Gasteiger partial charge in [0, 0.05) is 33.7 Å². The number of esters is 1. The fourth-order valence-corrected chi connectivity index (χ4v) is 1.88. The van der Waals surface area contributed by atoms with Gasteiger partial charge in [-0.2, -0.15) is 0 Å². The van der Waals surface area contributed by atoms with Crippen molar-refractivity contribution in [3.05, 3.63) is 37.9 Å². The van der Waals surface area contributed by atoms with E-state index in [2.05, 4.69) is 9.85 Å². The van der Waals surface area contributed by atoms with Crippen LogP contribution in [0.1, 0.15) is 5.56 Å². The molecule has 5 nitrogen and oxygen atoms in total. The third-order valence-electron chi connectivity index (χ3n) is 2.02. The summed E-state index contributed by atoms with van der Waals surface area (Å²) in [5.74, 6) is 1.98. The molecule has 0 unspecified atom stereocenters. The van der Waals surface area contributed by atoms with Gasteiger partial charge in [0.1, 0.15) is 5.02 Å². The first-order chi connectivity index (χ1) is 8.95. The van der Waals surface area contributed by atoms with Gasteiger partial charge in [-0.25, -0.2) is 0 Å². The van der Waals surface area contributed by atoms with E-state index in [0.717, 1.165) is 6.07 Å². The highest BCUT2D eigenvalue weighted by molar-refractivity contribution is 14.1. The molecule has 0 atom stereocenters. The van der Waals surface area contributed by atoms with Crippen LogP contribution in [-0.4, -0.2) is 17.5 Å². The molecular weight excluding hydrogens is 408 g/mol. The molecule has 0 saturated carbocycles. The first kappa shape index (κ1) is 16.0. The molecule has 0 heterocycles. The quantitative estimate of drug-likeness (QED) is 0.249. The molecule has 0 bridgehead atoms. The van der Waals surface area contributed by atoms with Crippen molar-refractivity contribution >= 4 is 57.4 Å². The summed E-state index contributed by atoms with van der Waals surface area (Å²) in [5, 5.41) is 10.8. The number of hydrogen-bond donors (Lipinski definition) is 0. The van der Waals surface area contributed by atoms with Crippen molar-refractivity contribution < 1.29 is 14.5 Å². The summed E-state index contributed by atoms with van der Waals surface area (Å²) in [4.78, 5) is 21.5. The topological polar surface area (TPSA) is 69.4 Å². The lowest BCUT2D eigenvalue weighted by Gasteiger charge is -2.05. The average molecular weight is 414 g/mol. The molecule has 1 rings (SSSR count). The summed E-state index contributed by atoms with van der Waals surface area (Å²) in [6.07, 6.45) is -0.181. The zero-order chi connectivity index (χ0) is 14.4. The van der Waals surface area contributed by atoms with Crippen LogP contribution >= 0.6 is 45.8 Å². The number of nitro groups is 1. The highest BCUT2D eigenvalue weighted by Gasteiger charge is 2.18. The molecule has 0 saturated heterocycles. The third kappa shape index (κ3) is 4.86. The Kier molecular flexibility index (Phi) is 6.34. The maximum atomic E-state index is 11.5. The number of rotatable bonds is 4. The number of benzene rings is 1. The number of ether oxygens (including phenoxy) is 1. The van der Waals surface area contributed by atoms with Gasteiger partial charge in [0.2, 0.25) is 0 Å². The van der Waals surface area contributed by atoms with Crippen LogP contribution in [0.2, 0.25) is 10.0 Å². The van der Waals surface area contributed by atoms with Crippen molar-refractivity contribution in [2.75, 3.05) is 6.61 Å². The van der Waals surface area contributed by atoms with Gasteiger partial charge in [-0.1, -0.05) is 29.1 Å². The molecule has 0 spiro atoms. The number of hydrogen-bond acceptors (Lipinski definition) is 4. The minimum Gasteiger partial charge on any atom is -0.452 e. The van der Waals surface area contributed by atoms with Gasteiger partial charge in [0.25, 0.3) is 5.69 Å². The van der Waals surface area contributed by atoms with Crippen molar-refractivity contribution in [3.63, 3.8) is 0 Å². The van der Waals surface area contributed by atoms with Gasteiger partial charge in [-0.05, 0) is 15.6 Å². The Hall–Kier alpha value is -1.04. The Bertz CT molecular complexity index is 580. The fraction of sp³-hybridized carbons (Fsp3) is 0.182. The fourth-order valence-electron chi connectivity index (χ4n) is 1.21. The summed E-state index contributed by atoms with van der Waals surface area (Å²) in [6.45, 7) is -0.0327. The lowest BCUT2D eigenvalue weighted by Crippen LogP contribution is -2.09. The van der Waals surface area contributed by atoms with Crippen LogP contribution in [-0.2, 0) is 16.0 Å². The van der Waals surface area contributed by atoms with E-state index in [0.29, 0.717) is 0 Å². The van der Waals surface area contributed by atoms with Crippen LogP contribution in [0.4, 0.5) is 5.69 Å². The highest BCUT2D eigenvalue weighted by Crippen LogP contribution is 2.31. The minimum atomic E-state index is -0.644. The van der Waals surface area contributed by atoms with Crippen molar-refractivity contribution in [3.8, 4) is 9.85 Å². The summed E-state index contributed by atoms with van der Waals surface area (Å²) in [5.41, 5.74) is -0.0221. The van der Waals surface area contributed by atoms with E-state index in [4.69, 9.17) is 27.9 Å². The molecule has 0 aliphatic carbocycles. The van der Waals surface area contributed by atoms with Crippen LogP contribution in [0.25, 0.3) is 0 Å². The van der Waals surface area contributed by atoms with Gasteiger partial charge in [-0.3, -0.25) is 14.9 Å². The van der Waals surface area contributed by atoms with E-state index in [1.54, 1.807) is 0 Å². The summed E-state index contributed by atoms with van der Waals surface area (Å²) >= 11 is 13.4. The number of carbonyl (C=O) groups excluding carboxylic acids is 1. The molecule has 0 aromatic heterocycles. The van der Waals surface area contributed by atoms with Crippen LogP contribution in [0, 0.1) is 20.0 Å². The SMILES string of the molecule is O=C(Cc1cc([N+](=O)[O-])c(Cl)cc1Cl)OCC#CI. The molecule has 0 fully saturated rings. The van der Waals surface area contributed by atoms with Gasteiger partial charge in [0.15, 0.2) is 6.61 Å². The van der Waals surface area contributed by atoms with E-state index in [9.17, 15) is 14.9 Å². The second-order valence-electron chi connectivity index (χ2n) is 3.26. The zero-order valence-electron chi connectivity index (χ0n) is 9.28. The molecule has 100 valence electrons. The first-order valence-corrected chi connectivity index (χ1v) is 6.65. The average Bonchev–Trinajstić information content (AvgIpc) is 2.32. The van der Waals surface area contributed by atoms with Crippen molar-refractivity contribution in [1.29, 1.82) is 0 Å². The van der Waals surface area contributed by atoms with Crippen LogP contribution in [0.5, 0.6) is 0 Å². The van der Waals surface area contributed by atoms with Gasteiger partial charge >= 0.3 is 5.97 Å². The number of nitrogens with zero attached hydrogens (tertiary/aromatic N) is 1. The Morgan fingerprint density at radius 2 is 2.11 bits per heavy atom. The summed E-state index contributed by atoms with van der Waals surface area (Å²) < 4.78 is 7.33. The minimum absolute atomic E-state index is 0.0327. The lowest BCUT2D eigenvalue weighted by atomic mass is 10.1. The Morgan fingerprint density at radius 3 is 2.68 bits per heavy atom. The molecular formula is C11H6Cl2INO4. The second-order valence-corrected chi connectivity index (χ2v) is 4.61. The highest BCUT2D eigenvalue weighted by atomic mass is 127. The number of nitro benzene ring substituents is 1. The predicted molar refractivity (Wildman–Crippen MR) is 79.6 cm³/mol. The molecule has 8 heteroatoms. The molecule has 0 amide bonds. The lowest BCUT2D eigenvalue weighted by molar-refractivity contribution is -0.384. The molecule has 19 heavy (non-hydrogen) atoms. The molecule has 1 aromatic carbocycles. The van der Waals surface area contributed by atoms with E-state index in [1.165, 1.54) is 6.07 Å². The largest absolute Gasteiger partial charge is 0.452 e. The van der Waals surface area contributed by atoms with Crippen molar-refractivity contribution in [2.24, 2.45) is 0 Å². The van der Waals surface area contributed by atoms with Crippen molar-refractivity contribution in [1.82, 2.24) is 0 Å². The summed E-state index contributed by atoms with van der Waals surface area (Å²) in [6, 6.07) is 2.39. The normalized spacial score (nSPS) is 9.42. The van der Waals surface area contributed by atoms with Gasteiger partial charge < -0.3 is 4.74 Å². The van der Waals surface area contributed by atoms with E-state index in [-0.39, 0.29) is 34.3 Å². The third-order valence-corrected chi connectivity index (χ3v) is 3.06. The molecule has 1 aromatic rings. The zero-order valence-corrected chi connectivity index (χ0v) is 13.0. The van der Waals surface area contributed by atoms with E-state index < -0.39 is 10.9 Å². The van der Waals surface area contributed by atoms with E-state index in [1.807, 2.05) is 22.6 Å². The Balaban J connectivity index is 2.88. The molecule has 0 radical (unpaired) electrons. The predicted octanol–water partition coefficient (Wildman–Crippen LogP) is 3.38. The maximum Gasteiger partial charge on any atom is 0.311 e. The summed E-state index contributed by atoms with van der Waals surface area (Å²) in [7, 11) is 0. The molecule has 0 N–H and O–H groups in total. The standard InChI is InChI=1S/C11H6Cl2INO4/c12-8-6-9(13)10(15(17)18)4-7(8)5-11(16)19-3-1-2-14/h4,6H,3,5H2. The number of carbonyl (C=O) groups is 1. The number of halogens is 3. The molecule has 0 aliphatic rings. The molecule has 0 aliphatic heterocycles. The van der Waals surface area contributed by atoms with Crippen molar-refractivity contribution in [2.45, 2.75) is 6.42 Å².